The third kappa shape index (κ3) is 6.26. The van der Waals surface area contributed by atoms with Gasteiger partial charge in [0.1, 0.15) is 11.6 Å². The number of fused-ring (bicyclic) bond motifs is 1. The number of aromatic nitrogens is 2. The van der Waals surface area contributed by atoms with Gasteiger partial charge in [-0.15, -0.1) is 0 Å². The molecule has 0 aliphatic carbocycles. The maximum Gasteiger partial charge on any atom is 0.417 e. The number of halogens is 4. The molecule has 2 heterocycles. The highest BCUT2D eigenvalue weighted by Gasteiger charge is 2.33. The zero-order chi connectivity index (χ0) is 27.6. The van der Waals surface area contributed by atoms with Crippen molar-refractivity contribution < 1.29 is 22.8 Å². The van der Waals surface area contributed by atoms with Gasteiger partial charge in [0.05, 0.1) is 27.8 Å². The summed E-state index contributed by atoms with van der Waals surface area (Å²) in [4.78, 5) is 37.0. The molecular formula is C29H24ClF3N4O2. The highest BCUT2D eigenvalue weighted by molar-refractivity contribution is 6.31. The lowest BCUT2D eigenvalue weighted by Crippen LogP contribution is -2.43. The van der Waals surface area contributed by atoms with Crippen molar-refractivity contribution in [2.75, 3.05) is 31.1 Å². The molecule has 0 amide bonds. The number of hydrogen-bond donors (Lipinski definition) is 1. The Morgan fingerprint density at radius 2 is 1.54 bits per heavy atom. The van der Waals surface area contributed by atoms with Crippen molar-refractivity contribution in [1.29, 1.82) is 0 Å². The van der Waals surface area contributed by atoms with Crippen molar-refractivity contribution in [3.8, 4) is 0 Å². The molecular weight excluding hydrogens is 529 g/mol. The second kappa shape index (κ2) is 11.1. The van der Waals surface area contributed by atoms with Crippen LogP contribution in [0.1, 0.15) is 32.6 Å². The largest absolute Gasteiger partial charge is 0.417 e. The van der Waals surface area contributed by atoms with Gasteiger partial charge in [0, 0.05) is 50.1 Å². The maximum absolute atomic E-state index is 13.2. The number of anilines is 1. The molecule has 0 atom stereocenters. The summed E-state index contributed by atoms with van der Waals surface area (Å²) in [6.07, 6.45) is -2.98. The van der Waals surface area contributed by atoms with Crippen molar-refractivity contribution in [1.82, 2.24) is 15.3 Å². The van der Waals surface area contributed by atoms with Crippen LogP contribution >= 0.6 is 11.6 Å². The summed E-state index contributed by atoms with van der Waals surface area (Å²) in [5.41, 5.74) is 2.19. The van der Waals surface area contributed by atoms with E-state index in [1.807, 2.05) is 0 Å². The van der Waals surface area contributed by atoms with E-state index in [2.05, 4.69) is 15.2 Å². The van der Waals surface area contributed by atoms with Crippen molar-refractivity contribution in [2.45, 2.75) is 19.0 Å². The fourth-order valence-electron chi connectivity index (χ4n) is 4.55. The van der Waals surface area contributed by atoms with Crippen molar-refractivity contribution in [2.24, 2.45) is 0 Å². The Labute approximate surface area is 227 Å². The van der Waals surface area contributed by atoms with Gasteiger partial charge < -0.3 is 10.2 Å². The van der Waals surface area contributed by atoms with E-state index in [0.717, 1.165) is 44.1 Å². The monoisotopic (exact) mass is 552 g/mol. The Balaban J connectivity index is 1.26. The van der Waals surface area contributed by atoms with Crippen LogP contribution in [0.15, 0.2) is 66.9 Å². The molecule has 3 aromatic carbocycles. The summed E-state index contributed by atoms with van der Waals surface area (Å²) < 4.78 is 39.3. The normalized spacial score (nSPS) is 14.0. The van der Waals surface area contributed by atoms with E-state index in [1.54, 1.807) is 48.7 Å². The standard InChI is InChI=1S/C29H24ClF3N4O2/c30-24-7-3-19(15-23(24)29(31,32)33)14-22(38)13-18-1-4-20(5-2-18)28(39)21-6-8-25-26(16-21)36-27(17-35-25)37-11-9-34-10-12-37/h1-8,15-17,34H,9-14H2. The third-order valence-electron chi connectivity index (χ3n) is 6.59. The molecule has 1 N–H and O–H groups in total. The number of alkyl halides is 3. The number of carbonyl (C=O) groups is 2. The molecule has 0 radical (unpaired) electrons. The van der Waals surface area contributed by atoms with Crippen molar-refractivity contribution in [3.63, 3.8) is 0 Å². The van der Waals surface area contributed by atoms with Crippen LogP contribution in [0.25, 0.3) is 11.0 Å². The molecule has 0 bridgehead atoms. The molecule has 6 nitrogen and oxygen atoms in total. The number of rotatable bonds is 7. The van der Waals surface area contributed by atoms with Crippen LogP contribution in [0.3, 0.4) is 0 Å². The molecule has 10 heteroatoms. The van der Waals surface area contributed by atoms with Gasteiger partial charge in [-0.3, -0.25) is 14.6 Å². The lowest BCUT2D eigenvalue weighted by molar-refractivity contribution is -0.137. The summed E-state index contributed by atoms with van der Waals surface area (Å²) >= 11 is 5.66. The lowest BCUT2D eigenvalue weighted by Gasteiger charge is -2.28. The molecule has 1 aliphatic rings. The Morgan fingerprint density at radius 1 is 0.872 bits per heavy atom. The average molecular weight is 553 g/mol. The van der Waals surface area contributed by atoms with Crippen LogP contribution in [-0.2, 0) is 23.8 Å². The van der Waals surface area contributed by atoms with Gasteiger partial charge in [-0.1, -0.05) is 41.9 Å². The topological polar surface area (TPSA) is 75.2 Å². The third-order valence-corrected chi connectivity index (χ3v) is 6.92. The number of nitrogens with one attached hydrogen (secondary N) is 1. The van der Waals surface area contributed by atoms with Gasteiger partial charge in [-0.2, -0.15) is 13.2 Å². The predicted molar refractivity (Wildman–Crippen MR) is 143 cm³/mol. The Kier molecular flexibility index (Phi) is 7.63. The Morgan fingerprint density at radius 3 is 2.26 bits per heavy atom. The van der Waals surface area contributed by atoms with Gasteiger partial charge >= 0.3 is 6.18 Å². The SMILES string of the molecule is O=C(Cc1ccc(C(=O)c2ccc3ncc(N4CCNCC4)nc3c2)cc1)Cc1ccc(Cl)c(C(F)(F)F)c1. The molecule has 0 unspecified atom stereocenters. The second-order valence-corrected chi connectivity index (χ2v) is 9.81. The summed E-state index contributed by atoms with van der Waals surface area (Å²) in [5.74, 6) is 0.332. The van der Waals surface area contributed by atoms with Gasteiger partial charge in [-0.25, -0.2) is 4.98 Å². The minimum atomic E-state index is -4.59. The van der Waals surface area contributed by atoms with E-state index >= 15 is 0 Å². The number of carbonyl (C=O) groups excluding carboxylic acids is 2. The van der Waals surface area contributed by atoms with Crippen molar-refractivity contribution in [3.05, 3.63) is 99.7 Å². The lowest BCUT2D eigenvalue weighted by atomic mass is 9.98. The predicted octanol–water partition coefficient (Wildman–Crippen LogP) is 5.30. The molecule has 5 rings (SSSR count). The summed E-state index contributed by atoms with van der Waals surface area (Å²) in [7, 11) is 0. The number of Topliss-reactive ketones (excluding diaryl/α,β-unsaturated/α-hetero) is 1. The Hall–Kier alpha value is -3.82. The minimum absolute atomic E-state index is 0.0266. The smallest absolute Gasteiger partial charge is 0.353 e. The van der Waals surface area contributed by atoms with Crippen LogP contribution < -0.4 is 10.2 Å². The van der Waals surface area contributed by atoms with E-state index in [1.165, 1.54) is 6.07 Å². The molecule has 1 saturated heterocycles. The first-order valence-corrected chi connectivity index (χ1v) is 12.8. The quantitative estimate of drug-likeness (QED) is 0.314. The zero-order valence-corrected chi connectivity index (χ0v) is 21.5. The first-order chi connectivity index (χ1) is 18.7. The molecule has 1 aromatic heterocycles. The first kappa shape index (κ1) is 26.8. The summed E-state index contributed by atoms with van der Waals surface area (Å²) in [6.45, 7) is 3.42. The molecule has 200 valence electrons. The number of piperazine rings is 1. The zero-order valence-electron chi connectivity index (χ0n) is 20.8. The number of benzene rings is 3. The molecule has 0 spiro atoms. The first-order valence-electron chi connectivity index (χ1n) is 12.4. The molecule has 0 saturated carbocycles. The van der Waals surface area contributed by atoms with E-state index in [4.69, 9.17) is 16.6 Å². The fourth-order valence-corrected chi connectivity index (χ4v) is 4.77. The van der Waals surface area contributed by atoms with Gasteiger partial charge in [-0.05, 0) is 41.5 Å². The van der Waals surface area contributed by atoms with Crippen molar-refractivity contribution >= 4 is 40.0 Å². The van der Waals surface area contributed by atoms with Crippen LogP contribution in [0.4, 0.5) is 19.0 Å². The summed E-state index contributed by atoms with van der Waals surface area (Å²) in [6, 6.07) is 15.3. The number of ketones is 2. The summed E-state index contributed by atoms with van der Waals surface area (Å²) in [5, 5.41) is 2.90. The second-order valence-electron chi connectivity index (χ2n) is 9.40. The van der Waals surface area contributed by atoms with Gasteiger partial charge in [0.2, 0.25) is 0 Å². The van der Waals surface area contributed by atoms with E-state index in [-0.39, 0.29) is 30.0 Å². The highest BCUT2D eigenvalue weighted by atomic mass is 35.5. The highest BCUT2D eigenvalue weighted by Crippen LogP contribution is 2.35. The molecule has 4 aromatic rings. The maximum atomic E-state index is 13.2. The van der Waals surface area contributed by atoms with E-state index in [9.17, 15) is 22.8 Å². The van der Waals surface area contributed by atoms with Crippen LogP contribution in [-0.4, -0.2) is 47.7 Å². The minimum Gasteiger partial charge on any atom is -0.353 e. The van der Waals surface area contributed by atoms with E-state index < -0.39 is 16.8 Å². The van der Waals surface area contributed by atoms with Gasteiger partial charge in [0.15, 0.2) is 5.78 Å². The van der Waals surface area contributed by atoms with E-state index in [0.29, 0.717) is 27.7 Å². The molecule has 39 heavy (non-hydrogen) atoms. The van der Waals surface area contributed by atoms with Crippen LogP contribution in [0.2, 0.25) is 5.02 Å². The van der Waals surface area contributed by atoms with Gasteiger partial charge in [0.25, 0.3) is 0 Å². The van der Waals surface area contributed by atoms with Crippen LogP contribution in [0.5, 0.6) is 0 Å². The Bertz CT molecular complexity index is 1530. The number of nitrogens with zero attached hydrogens (tertiary/aromatic N) is 3. The molecule has 1 fully saturated rings. The molecule has 1 aliphatic heterocycles. The number of hydrogen-bond acceptors (Lipinski definition) is 6. The fraction of sp³-hybridized carbons (Fsp3) is 0.241. The van der Waals surface area contributed by atoms with Crippen LogP contribution in [0, 0.1) is 0 Å². The average Bonchev–Trinajstić information content (AvgIpc) is 2.93.